The van der Waals surface area contributed by atoms with Gasteiger partial charge in [0.1, 0.15) is 5.75 Å². The van der Waals surface area contributed by atoms with Crippen LogP contribution in [0.4, 0.5) is 0 Å². The van der Waals surface area contributed by atoms with Gasteiger partial charge in [-0.3, -0.25) is 4.79 Å². The van der Waals surface area contributed by atoms with Gasteiger partial charge in [0.15, 0.2) is 0 Å². The van der Waals surface area contributed by atoms with Gasteiger partial charge >= 0.3 is 0 Å². The molecule has 2 aliphatic rings. The van der Waals surface area contributed by atoms with Crippen molar-refractivity contribution in [3.8, 4) is 5.75 Å². The van der Waals surface area contributed by atoms with Crippen LogP contribution in [0, 0.1) is 0 Å². The molecule has 4 nitrogen and oxygen atoms in total. The van der Waals surface area contributed by atoms with Crippen LogP contribution < -0.4 is 15.4 Å². The summed E-state index contributed by atoms with van der Waals surface area (Å²) in [6, 6.07) is 9.67. The lowest BCUT2D eigenvalue weighted by Gasteiger charge is -2.33. The fourth-order valence-electron chi connectivity index (χ4n) is 3.78. The van der Waals surface area contributed by atoms with E-state index < -0.39 is 0 Å². The Bertz CT molecular complexity index is 524. The number of hydrogen-bond acceptors (Lipinski definition) is 3. The highest BCUT2D eigenvalue weighted by molar-refractivity contribution is 5.73. The number of hydrogen-bond donors (Lipinski definition) is 2. The first kappa shape index (κ1) is 15.3. The predicted molar refractivity (Wildman–Crippen MR) is 87.1 cm³/mol. The van der Waals surface area contributed by atoms with Crippen molar-refractivity contribution in [2.75, 3.05) is 6.61 Å². The molecule has 0 unspecified atom stereocenters. The zero-order valence-corrected chi connectivity index (χ0v) is 13.5. The molecule has 3 rings (SSSR count). The average molecular weight is 302 g/mol. The van der Waals surface area contributed by atoms with Gasteiger partial charge in [-0.25, -0.2) is 0 Å². The first-order valence-electron chi connectivity index (χ1n) is 8.38. The Morgan fingerprint density at radius 1 is 1.18 bits per heavy atom. The lowest BCUT2D eigenvalue weighted by atomic mass is 9.88. The van der Waals surface area contributed by atoms with Crippen LogP contribution >= 0.6 is 0 Å². The quantitative estimate of drug-likeness (QED) is 0.899. The molecule has 0 spiro atoms. The highest BCUT2D eigenvalue weighted by atomic mass is 16.5. The molecule has 0 aromatic heterocycles. The third-order valence-corrected chi connectivity index (χ3v) is 4.97. The Morgan fingerprint density at radius 3 is 2.59 bits per heavy atom. The number of ether oxygens (including phenoxy) is 1. The van der Waals surface area contributed by atoms with Crippen molar-refractivity contribution in [2.45, 2.75) is 63.6 Å². The summed E-state index contributed by atoms with van der Waals surface area (Å²) < 4.78 is 5.79. The van der Waals surface area contributed by atoms with Crippen molar-refractivity contribution in [2.24, 2.45) is 0 Å². The summed E-state index contributed by atoms with van der Waals surface area (Å²) in [6.45, 7) is 4.63. The van der Waals surface area contributed by atoms with Gasteiger partial charge in [0.25, 0.3) is 0 Å². The largest absolute Gasteiger partial charge is 0.493 e. The number of carbonyl (C=O) groups excluding carboxylic acids is 1. The number of carbonyl (C=O) groups is 1. The summed E-state index contributed by atoms with van der Waals surface area (Å²) in [5.74, 6) is 1.56. The van der Waals surface area contributed by atoms with E-state index in [1.807, 2.05) is 6.07 Å². The third kappa shape index (κ3) is 3.43. The minimum Gasteiger partial charge on any atom is -0.493 e. The van der Waals surface area contributed by atoms with Crippen molar-refractivity contribution in [1.82, 2.24) is 10.6 Å². The minimum atomic E-state index is 0.0875. The standard InChI is InChI=1S/C18H26N2O2/c1-12(17-11-22-18-6-4-3-5-16(17)18)19-14-7-9-15(10-8-14)20-13(2)21/h3-6,12,14-15,17,19H,7-11H2,1-2H3,(H,20,21)/t12-,14?,15?,17-/m0/s1. The summed E-state index contributed by atoms with van der Waals surface area (Å²) in [4.78, 5) is 11.1. The fraction of sp³-hybridized carbons (Fsp3) is 0.611. The highest BCUT2D eigenvalue weighted by Gasteiger charge is 2.31. The number of benzene rings is 1. The summed E-state index contributed by atoms with van der Waals surface area (Å²) in [5.41, 5.74) is 1.33. The molecular weight excluding hydrogens is 276 g/mol. The molecule has 0 bridgehead atoms. The van der Waals surface area contributed by atoms with Crippen LogP contribution in [-0.4, -0.2) is 30.6 Å². The van der Waals surface area contributed by atoms with Gasteiger partial charge in [0, 0.05) is 36.5 Å². The van der Waals surface area contributed by atoms with Crippen molar-refractivity contribution in [3.05, 3.63) is 29.8 Å². The topological polar surface area (TPSA) is 50.4 Å². The molecule has 1 amide bonds. The number of fused-ring (bicyclic) bond motifs is 1. The average Bonchev–Trinajstić information content (AvgIpc) is 2.93. The van der Waals surface area contributed by atoms with E-state index in [1.54, 1.807) is 6.92 Å². The predicted octanol–water partition coefficient (Wildman–Crippen LogP) is 2.59. The second-order valence-corrected chi connectivity index (χ2v) is 6.66. The van der Waals surface area contributed by atoms with Crippen LogP contribution in [0.1, 0.15) is 51.0 Å². The number of para-hydroxylation sites is 1. The van der Waals surface area contributed by atoms with Gasteiger partial charge < -0.3 is 15.4 Å². The first-order chi connectivity index (χ1) is 10.6. The number of rotatable bonds is 4. The number of nitrogens with one attached hydrogen (secondary N) is 2. The van der Waals surface area contributed by atoms with Crippen LogP contribution in [-0.2, 0) is 4.79 Å². The van der Waals surface area contributed by atoms with E-state index in [0.717, 1.165) is 38.0 Å². The molecule has 1 saturated carbocycles. The van der Waals surface area contributed by atoms with Gasteiger partial charge in [-0.05, 0) is 38.7 Å². The molecular formula is C18H26N2O2. The lowest BCUT2D eigenvalue weighted by molar-refractivity contribution is -0.119. The van der Waals surface area contributed by atoms with Gasteiger partial charge in [-0.1, -0.05) is 18.2 Å². The molecule has 2 N–H and O–H groups in total. The van der Waals surface area contributed by atoms with E-state index in [9.17, 15) is 4.79 Å². The van der Waals surface area contributed by atoms with E-state index in [0.29, 0.717) is 24.0 Å². The highest BCUT2D eigenvalue weighted by Crippen LogP contribution is 2.36. The SMILES string of the molecule is CC(=O)NC1CCC(N[C@@H](C)[C@@H]2COc3ccccc32)CC1. The molecule has 0 radical (unpaired) electrons. The van der Waals surface area contributed by atoms with Crippen molar-refractivity contribution < 1.29 is 9.53 Å². The van der Waals surface area contributed by atoms with E-state index in [1.165, 1.54) is 5.56 Å². The van der Waals surface area contributed by atoms with Gasteiger partial charge in [0.2, 0.25) is 5.91 Å². The maximum absolute atomic E-state index is 11.1. The molecule has 120 valence electrons. The van der Waals surface area contributed by atoms with Crippen LogP contribution in [0.5, 0.6) is 5.75 Å². The van der Waals surface area contributed by atoms with Gasteiger partial charge in [-0.2, -0.15) is 0 Å². The van der Waals surface area contributed by atoms with Crippen LogP contribution in [0.3, 0.4) is 0 Å². The second kappa shape index (κ2) is 6.69. The monoisotopic (exact) mass is 302 g/mol. The van der Waals surface area contributed by atoms with Gasteiger partial charge in [0.05, 0.1) is 6.61 Å². The Kier molecular flexibility index (Phi) is 4.67. The molecule has 0 saturated heterocycles. The Hall–Kier alpha value is -1.55. The van der Waals surface area contributed by atoms with Crippen LogP contribution in [0.25, 0.3) is 0 Å². The molecule has 1 fully saturated rings. The first-order valence-corrected chi connectivity index (χ1v) is 8.38. The molecule has 22 heavy (non-hydrogen) atoms. The van der Waals surface area contributed by atoms with Crippen LogP contribution in [0.2, 0.25) is 0 Å². The maximum atomic E-state index is 11.1. The Morgan fingerprint density at radius 2 is 1.86 bits per heavy atom. The molecule has 1 aliphatic carbocycles. The fourth-order valence-corrected chi connectivity index (χ4v) is 3.78. The van der Waals surface area contributed by atoms with Crippen molar-refractivity contribution in [3.63, 3.8) is 0 Å². The number of amides is 1. The summed E-state index contributed by atoms with van der Waals surface area (Å²) in [5, 5.41) is 6.82. The lowest BCUT2D eigenvalue weighted by Crippen LogP contribution is -2.45. The second-order valence-electron chi connectivity index (χ2n) is 6.66. The minimum absolute atomic E-state index is 0.0875. The summed E-state index contributed by atoms with van der Waals surface area (Å²) in [6.07, 6.45) is 4.40. The molecule has 2 atom stereocenters. The van der Waals surface area contributed by atoms with Gasteiger partial charge in [-0.15, -0.1) is 0 Å². The normalized spacial score (nSPS) is 28.5. The molecule has 4 heteroatoms. The summed E-state index contributed by atoms with van der Waals surface area (Å²) in [7, 11) is 0. The van der Waals surface area contributed by atoms with Crippen molar-refractivity contribution in [1.29, 1.82) is 0 Å². The third-order valence-electron chi connectivity index (χ3n) is 4.97. The molecule has 1 aromatic carbocycles. The van der Waals surface area contributed by atoms with E-state index in [4.69, 9.17) is 4.74 Å². The Labute approximate surface area is 132 Å². The van der Waals surface area contributed by atoms with Crippen molar-refractivity contribution >= 4 is 5.91 Å². The zero-order valence-electron chi connectivity index (χ0n) is 13.5. The van der Waals surface area contributed by atoms with E-state index in [2.05, 4.69) is 35.8 Å². The zero-order chi connectivity index (χ0) is 15.5. The molecule has 1 aromatic rings. The Balaban J connectivity index is 1.51. The van der Waals surface area contributed by atoms with E-state index in [-0.39, 0.29) is 5.91 Å². The smallest absolute Gasteiger partial charge is 0.217 e. The van der Waals surface area contributed by atoms with E-state index >= 15 is 0 Å². The molecule has 1 aliphatic heterocycles. The maximum Gasteiger partial charge on any atom is 0.217 e. The molecule has 1 heterocycles. The van der Waals surface area contributed by atoms with Crippen LogP contribution in [0.15, 0.2) is 24.3 Å². The summed E-state index contributed by atoms with van der Waals surface area (Å²) >= 11 is 0.